The van der Waals surface area contributed by atoms with E-state index in [1.54, 1.807) is 5.82 Å². The first-order valence-corrected chi connectivity index (χ1v) is 7.23. The number of rotatable bonds is 4. The minimum absolute atomic E-state index is 0.0920. The van der Waals surface area contributed by atoms with Crippen molar-refractivity contribution in [3.63, 3.8) is 0 Å². The zero-order chi connectivity index (χ0) is 12.9. The lowest BCUT2D eigenvalue weighted by Gasteiger charge is -2.33. The van der Waals surface area contributed by atoms with Crippen molar-refractivity contribution in [3.05, 3.63) is 35.2 Å². The highest BCUT2D eigenvalue weighted by Crippen LogP contribution is 2.40. The van der Waals surface area contributed by atoms with Gasteiger partial charge < -0.3 is 0 Å². The summed E-state index contributed by atoms with van der Waals surface area (Å²) in [6.07, 6.45) is 10.2. The first-order valence-electron chi connectivity index (χ1n) is 6.35. The molecule has 0 aliphatic heterocycles. The molecule has 2 heteroatoms. The van der Waals surface area contributed by atoms with Crippen LogP contribution < -0.4 is 0 Å². The third-order valence-electron chi connectivity index (χ3n) is 3.56. The van der Waals surface area contributed by atoms with Crippen molar-refractivity contribution in [2.45, 2.75) is 47.0 Å². The third-order valence-corrected chi connectivity index (χ3v) is 3.85. The van der Waals surface area contributed by atoms with Crippen LogP contribution in [0.15, 0.2) is 35.2 Å². The van der Waals surface area contributed by atoms with E-state index >= 15 is 0 Å². The van der Waals surface area contributed by atoms with Crippen molar-refractivity contribution >= 4 is 8.46 Å². The summed E-state index contributed by atoms with van der Waals surface area (Å²) in [7, 11) is 0.0920. The minimum atomic E-state index is 0.0920. The Balaban J connectivity index is 2.81. The monoisotopic (exact) mass is 250 g/mol. The third kappa shape index (κ3) is 4.24. The van der Waals surface area contributed by atoms with Gasteiger partial charge in [-0.2, -0.15) is 0 Å². The van der Waals surface area contributed by atoms with E-state index in [4.69, 9.17) is 0 Å². The molecule has 0 amide bonds. The van der Waals surface area contributed by atoms with E-state index in [0.717, 1.165) is 0 Å². The van der Waals surface area contributed by atoms with Gasteiger partial charge in [-0.1, -0.05) is 44.6 Å². The second kappa shape index (κ2) is 6.31. The molecule has 0 fully saturated rings. The van der Waals surface area contributed by atoms with E-state index < -0.39 is 0 Å². The number of hydrogen-bond donors (Lipinski definition) is 0. The molecule has 0 N–H and O–H groups in total. The summed E-state index contributed by atoms with van der Waals surface area (Å²) in [5.41, 5.74) is 3.32. The maximum atomic E-state index is 10.3. The summed E-state index contributed by atoms with van der Waals surface area (Å²) >= 11 is 0. The molecule has 0 radical (unpaired) electrons. The molecule has 1 aliphatic carbocycles. The normalized spacial score (nSPS) is 22.8. The Hall–Kier alpha value is -0.680. The fourth-order valence-electron chi connectivity index (χ4n) is 2.49. The summed E-state index contributed by atoms with van der Waals surface area (Å²) in [4.78, 5) is 0. The maximum Gasteiger partial charge on any atom is 0.183 e. The lowest BCUT2D eigenvalue weighted by Crippen LogP contribution is -2.19. The second-order valence-corrected chi connectivity index (χ2v) is 6.11. The zero-order valence-electron chi connectivity index (χ0n) is 11.4. The van der Waals surface area contributed by atoms with Gasteiger partial charge in [-0.15, -0.1) is 0 Å². The van der Waals surface area contributed by atoms with Crippen molar-refractivity contribution in [2.24, 2.45) is 11.3 Å². The van der Waals surface area contributed by atoms with Gasteiger partial charge in [0.25, 0.3) is 0 Å². The van der Waals surface area contributed by atoms with Gasteiger partial charge in [0.2, 0.25) is 0 Å². The van der Waals surface area contributed by atoms with Crippen LogP contribution in [0.3, 0.4) is 0 Å². The lowest BCUT2D eigenvalue weighted by atomic mass is 9.72. The Labute approximate surface area is 107 Å². The van der Waals surface area contributed by atoms with Crippen molar-refractivity contribution in [2.75, 3.05) is 0 Å². The molecule has 1 aliphatic rings. The molecule has 0 spiro atoms. The van der Waals surface area contributed by atoms with E-state index in [2.05, 4.69) is 39.8 Å². The van der Waals surface area contributed by atoms with Crippen LogP contribution in [0.5, 0.6) is 0 Å². The van der Waals surface area contributed by atoms with E-state index in [1.807, 2.05) is 6.08 Å². The Bertz CT molecular complexity index is 361. The van der Waals surface area contributed by atoms with Crippen molar-refractivity contribution in [1.29, 1.82) is 0 Å². The standard InChI is InChI=1S/C15H23OP/c1-12(9-11-17-16)7-8-14-13(2)6-5-10-15(14,3)4/h7-9,11-12H,5-6,10H2,1-4H3/b8-7+,11-9+. The SMILES string of the molecule is CC1=C(/C=C/C(C)/C=C/P=O)C(C)(C)CCC1. The summed E-state index contributed by atoms with van der Waals surface area (Å²) < 4.78 is 10.3. The van der Waals surface area contributed by atoms with Gasteiger partial charge in [-0.25, -0.2) is 0 Å². The molecule has 17 heavy (non-hydrogen) atoms. The van der Waals surface area contributed by atoms with Gasteiger partial charge in [-0.3, -0.25) is 4.57 Å². The molecular formula is C15H23OP. The second-order valence-electron chi connectivity index (χ2n) is 5.60. The van der Waals surface area contributed by atoms with Gasteiger partial charge in [-0.05, 0) is 43.1 Å². The molecule has 1 atom stereocenters. The fourth-order valence-corrected chi connectivity index (χ4v) is 2.84. The van der Waals surface area contributed by atoms with Crippen LogP contribution in [0.2, 0.25) is 0 Å². The molecule has 0 heterocycles. The van der Waals surface area contributed by atoms with Crippen molar-refractivity contribution < 1.29 is 4.57 Å². The summed E-state index contributed by atoms with van der Waals surface area (Å²) in [5, 5.41) is 0. The Morgan fingerprint density at radius 3 is 2.65 bits per heavy atom. The highest BCUT2D eigenvalue weighted by molar-refractivity contribution is 7.27. The van der Waals surface area contributed by atoms with Gasteiger partial charge in [0.05, 0.1) is 0 Å². The van der Waals surface area contributed by atoms with E-state index in [-0.39, 0.29) is 8.46 Å². The smallest absolute Gasteiger partial charge is 0.183 e. The van der Waals surface area contributed by atoms with Crippen LogP contribution in [0.4, 0.5) is 0 Å². The molecule has 1 unspecified atom stereocenters. The van der Waals surface area contributed by atoms with Gasteiger partial charge in [0.15, 0.2) is 8.46 Å². The highest BCUT2D eigenvalue weighted by Gasteiger charge is 2.26. The predicted molar refractivity (Wildman–Crippen MR) is 75.4 cm³/mol. The molecule has 0 saturated heterocycles. The average Bonchev–Trinajstić information content (AvgIpc) is 2.24. The maximum absolute atomic E-state index is 10.3. The quantitative estimate of drug-likeness (QED) is 0.601. The Morgan fingerprint density at radius 1 is 1.35 bits per heavy atom. The van der Waals surface area contributed by atoms with Gasteiger partial charge >= 0.3 is 0 Å². The van der Waals surface area contributed by atoms with Crippen LogP contribution in [-0.4, -0.2) is 0 Å². The Kier molecular flexibility index (Phi) is 5.33. The molecular weight excluding hydrogens is 227 g/mol. The van der Waals surface area contributed by atoms with Crippen LogP contribution >= 0.6 is 8.46 Å². The largest absolute Gasteiger partial charge is 0.270 e. The summed E-state index contributed by atoms with van der Waals surface area (Å²) in [5.74, 6) is 2.01. The highest BCUT2D eigenvalue weighted by atomic mass is 31.1. The van der Waals surface area contributed by atoms with Crippen LogP contribution in [0.25, 0.3) is 0 Å². The van der Waals surface area contributed by atoms with Crippen molar-refractivity contribution in [1.82, 2.24) is 0 Å². The molecule has 0 aromatic carbocycles. The molecule has 0 bridgehead atoms. The van der Waals surface area contributed by atoms with Crippen molar-refractivity contribution in [3.8, 4) is 0 Å². The van der Waals surface area contributed by atoms with Crippen LogP contribution in [0, 0.1) is 11.3 Å². The first kappa shape index (κ1) is 14.4. The summed E-state index contributed by atoms with van der Waals surface area (Å²) in [6, 6.07) is 0. The lowest BCUT2D eigenvalue weighted by molar-refractivity contribution is 0.376. The fraction of sp³-hybridized carbons (Fsp3) is 0.600. The molecule has 1 nitrogen and oxygen atoms in total. The minimum Gasteiger partial charge on any atom is -0.270 e. The van der Waals surface area contributed by atoms with E-state index in [0.29, 0.717) is 11.3 Å². The van der Waals surface area contributed by atoms with Gasteiger partial charge in [0, 0.05) is 5.82 Å². The summed E-state index contributed by atoms with van der Waals surface area (Å²) in [6.45, 7) is 9.01. The zero-order valence-corrected chi connectivity index (χ0v) is 12.3. The number of hydrogen-bond acceptors (Lipinski definition) is 1. The first-order chi connectivity index (χ1) is 7.97. The average molecular weight is 250 g/mol. The van der Waals surface area contributed by atoms with Crippen LogP contribution in [0.1, 0.15) is 47.0 Å². The molecule has 0 saturated carbocycles. The van der Waals surface area contributed by atoms with Crippen LogP contribution in [-0.2, 0) is 4.57 Å². The topological polar surface area (TPSA) is 17.1 Å². The molecule has 0 aromatic heterocycles. The van der Waals surface area contributed by atoms with Gasteiger partial charge in [0.1, 0.15) is 0 Å². The number of allylic oxidation sites excluding steroid dienone is 5. The molecule has 94 valence electrons. The van der Waals surface area contributed by atoms with E-state index in [9.17, 15) is 4.57 Å². The molecule has 1 rings (SSSR count). The molecule has 0 aromatic rings. The Morgan fingerprint density at radius 2 is 2.06 bits per heavy atom. The van der Waals surface area contributed by atoms with E-state index in [1.165, 1.54) is 30.4 Å². The predicted octanol–water partition coefficient (Wildman–Crippen LogP) is 5.51.